The van der Waals surface area contributed by atoms with Crippen molar-refractivity contribution in [3.8, 4) is 0 Å². The quantitative estimate of drug-likeness (QED) is 0.747. The van der Waals surface area contributed by atoms with Crippen LogP contribution in [0.25, 0.3) is 0 Å². The van der Waals surface area contributed by atoms with Gasteiger partial charge in [-0.2, -0.15) is 0 Å². The molecule has 3 N–H and O–H groups in total. The summed E-state index contributed by atoms with van der Waals surface area (Å²) in [5.74, 6) is -0.0802. The molecule has 2 aliphatic rings. The molecule has 94 valence electrons. The van der Waals surface area contributed by atoms with E-state index in [-0.39, 0.29) is 29.7 Å². The second-order valence-electron chi connectivity index (χ2n) is 5.07. The number of hydrogen-bond acceptors (Lipinski definition) is 2. The topological polar surface area (TPSA) is 38.0 Å². The van der Waals surface area contributed by atoms with Gasteiger partial charge in [0.1, 0.15) is 5.82 Å². The van der Waals surface area contributed by atoms with Gasteiger partial charge in [-0.3, -0.25) is 0 Å². The summed E-state index contributed by atoms with van der Waals surface area (Å²) in [6.45, 7) is 2.01. The van der Waals surface area contributed by atoms with Crippen LogP contribution < -0.4 is 11.1 Å². The van der Waals surface area contributed by atoms with Gasteiger partial charge in [-0.25, -0.2) is 4.39 Å². The van der Waals surface area contributed by atoms with E-state index < -0.39 is 0 Å². The van der Waals surface area contributed by atoms with Crippen molar-refractivity contribution in [3.63, 3.8) is 0 Å². The van der Waals surface area contributed by atoms with Crippen molar-refractivity contribution in [1.82, 2.24) is 5.32 Å². The molecule has 1 heterocycles. The number of nitrogens with one attached hydrogen (secondary N) is 1. The number of fused-ring (bicyclic) bond motifs is 1. The Hall–Kier alpha value is -0.640. The summed E-state index contributed by atoms with van der Waals surface area (Å²) >= 11 is 0. The van der Waals surface area contributed by atoms with E-state index in [9.17, 15) is 4.39 Å². The van der Waals surface area contributed by atoms with Crippen molar-refractivity contribution < 1.29 is 4.39 Å². The van der Waals surface area contributed by atoms with Gasteiger partial charge in [0.15, 0.2) is 0 Å². The lowest BCUT2D eigenvalue weighted by atomic mass is 9.73. The Labute approximate surface area is 107 Å². The second-order valence-corrected chi connectivity index (χ2v) is 5.07. The number of hydrogen-bond donors (Lipinski definition) is 2. The molecule has 2 nitrogen and oxygen atoms in total. The molecule has 4 heteroatoms. The van der Waals surface area contributed by atoms with Crippen molar-refractivity contribution in [2.45, 2.75) is 25.3 Å². The fraction of sp³-hybridized carbons (Fsp3) is 0.538. The summed E-state index contributed by atoms with van der Waals surface area (Å²) in [6.07, 6.45) is 2.93. The van der Waals surface area contributed by atoms with Crippen LogP contribution in [0.4, 0.5) is 4.39 Å². The average molecular weight is 257 g/mol. The molecule has 1 fully saturated rings. The van der Waals surface area contributed by atoms with Crippen molar-refractivity contribution in [2.24, 2.45) is 11.1 Å². The van der Waals surface area contributed by atoms with Gasteiger partial charge in [0.05, 0.1) is 0 Å². The van der Waals surface area contributed by atoms with Crippen LogP contribution in [0, 0.1) is 11.2 Å². The molecule has 1 aromatic carbocycles. The third kappa shape index (κ3) is 1.86. The van der Waals surface area contributed by atoms with Crippen molar-refractivity contribution in [2.75, 3.05) is 13.1 Å². The Bertz CT molecular complexity index is 416. The van der Waals surface area contributed by atoms with E-state index in [0.717, 1.165) is 43.5 Å². The minimum absolute atomic E-state index is 0. The van der Waals surface area contributed by atoms with Gasteiger partial charge in [-0.15, -0.1) is 12.4 Å². The summed E-state index contributed by atoms with van der Waals surface area (Å²) in [6, 6.07) is 5.32. The van der Waals surface area contributed by atoms with Gasteiger partial charge >= 0.3 is 0 Å². The minimum atomic E-state index is -0.0802. The van der Waals surface area contributed by atoms with Crippen molar-refractivity contribution >= 4 is 12.4 Å². The molecule has 1 atom stereocenters. The Balaban J connectivity index is 0.00000108. The Morgan fingerprint density at radius 2 is 2.00 bits per heavy atom. The lowest BCUT2D eigenvalue weighted by molar-refractivity contribution is 0.173. The lowest BCUT2D eigenvalue weighted by Crippen LogP contribution is -2.42. The van der Waals surface area contributed by atoms with Crippen molar-refractivity contribution in [3.05, 3.63) is 35.1 Å². The van der Waals surface area contributed by atoms with Gasteiger partial charge in [-0.05, 0) is 55.0 Å². The van der Waals surface area contributed by atoms with Crippen LogP contribution in [0.15, 0.2) is 18.2 Å². The Morgan fingerprint density at radius 3 is 2.65 bits per heavy atom. The first-order valence-corrected chi connectivity index (χ1v) is 5.97. The highest BCUT2D eigenvalue weighted by molar-refractivity contribution is 5.85. The summed E-state index contributed by atoms with van der Waals surface area (Å²) in [5.41, 5.74) is 8.33. The van der Waals surface area contributed by atoms with E-state index in [0.29, 0.717) is 0 Å². The summed E-state index contributed by atoms with van der Waals surface area (Å²) in [5, 5.41) is 3.35. The predicted octanol–water partition coefficient (Wildman–Crippen LogP) is 2.17. The van der Waals surface area contributed by atoms with E-state index in [1.54, 1.807) is 12.1 Å². The lowest BCUT2D eigenvalue weighted by Gasteiger charge is -2.37. The van der Waals surface area contributed by atoms with Crippen LogP contribution in [0.5, 0.6) is 0 Å². The van der Waals surface area contributed by atoms with Crippen LogP contribution in [-0.2, 0) is 6.42 Å². The standard InChI is InChI=1S/C13H17FN2.ClH/c14-11-3-1-2-9-10(11)8-13(12(9)15)4-6-16-7-5-13;/h1-3,12,16H,4-8,15H2;1H/t12-;/m1./s1. The smallest absolute Gasteiger partial charge is 0.126 e. The van der Waals surface area contributed by atoms with Crippen LogP contribution >= 0.6 is 12.4 Å². The van der Waals surface area contributed by atoms with Gasteiger partial charge in [-0.1, -0.05) is 12.1 Å². The molecule has 17 heavy (non-hydrogen) atoms. The number of piperidine rings is 1. The molecular weight excluding hydrogens is 239 g/mol. The molecule has 1 saturated heterocycles. The van der Waals surface area contributed by atoms with Crippen LogP contribution in [-0.4, -0.2) is 13.1 Å². The number of benzene rings is 1. The fourth-order valence-electron chi connectivity index (χ4n) is 3.26. The zero-order valence-corrected chi connectivity index (χ0v) is 10.5. The maximum atomic E-state index is 13.7. The van der Waals surface area contributed by atoms with Gasteiger partial charge in [0, 0.05) is 6.04 Å². The van der Waals surface area contributed by atoms with Gasteiger partial charge in [0.25, 0.3) is 0 Å². The van der Waals surface area contributed by atoms with E-state index in [1.807, 2.05) is 6.07 Å². The summed E-state index contributed by atoms with van der Waals surface area (Å²) in [7, 11) is 0. The monoisotopic (exact) mass is 256 g/mol. The molecule has 0 bridgehead atoms. The maximum absolute atomic E-state index is 13.7. The van der Waals surface area contributed by atoms with Gasteiger partial charge in [0.2, 0.25) is 0 Å². The first-order chi connectivity index (χ1) is 7.73. The zero-order valence-electron chi connectivity index (χ0n) is 9.71. The highest BCUT2D eigenvalue weighted by Crippen LogP contribution is 2.50. The molecule has 0 radical (unpaired) electrons. The normalized spacial score (nSPS) is 25.4. The largest absolute Gasteiger partial charge is 0.323 e. The van der Waals surface area contributed by atoms with E-state index in [2.05, 4.69) is 5.32 Å². The predicted molar refractivity (Wildman–Crippen MR) is 68.8 cm³/mol. The highest BCUT2D eigenvalue weighted by atomic mass is 35.5. The molecule has 0 amide bonds. The highest BCUT2D eigenvalue weighted by Gasteiger charge is 2.45. The number of rotatable bonds is 0. The SMILES string of the molecule is Cl.N[C@@H]1c2cccc(F)c2CC12CCNCC2. The van der Waals surface area contributed by atoms with Crippen LogP contribution in [0.1, 0.15) is 30.0 Å². The molecule has 0 unspecified atom stereocenters. The Morgan fingerprint density at radius 1 is 1.29 bits per heavy atom. The molecule has 1 aliphatic carbocycles. The molecule has 1 spiro atoms. The molecule has 3 rings (SSSR count). The average Bonchev–Trinajstić information content (AvgIpc) is 2.57. The van der Waals surface area contributed by atoms with Crippen LogP contribution in [0.3, 0.4) is 0 Å². The maximum Gasteiger partial charge on any atom is 0.126 e. The number of halogens is 2. The first-order valence-electron chi connectivity index (χ1n) is 5.97. The molecular formula is C13H18ClFN2. The van der Waals surface area contributed by atoms with E-state index in [1.165, 1.54) is 0 Å². The minimum Gasteiger partial charge on any atom is -0.323 e. The van der Waals surface area contributed by atoms with Crippen LogP contribution in [0.2, 0.25) is 0 Å². The third-order valence-corrected chi connectivity index (χ3v) is 4.28. The van der Waals surface area contributed by atoms with E-state index >= 15 is 0 Å². The summed E-state index contributed by atoms with van der Waals surface area (Å²) < 4.78 is 13.7. The van der Waals surface area contributed by atoms with Crippen molar-refractivity contribution in [1.29, 1.82) is 0 Å². The fourth-order valence-corrected chi connectivity index (χ4v) is 3.26. The second kappa shape index (κ2) is 4.56. The zero-order chi connectivity index (χ0) is 11.2. The summed E-state index contributed by atoms with van der Waals surface area (Å²) in [4.78, 5) is 0. The molecule has 0 saturated carbocycles. The molecule has 0 aromatic heterocycles. The molecule has 1 aliphatic heterocycles. The first kappa shape index (κ1) is 12.8. The number of nitrogens with two attached hydrogens (primary N) is 1. The molecule has 1 aromatic rings. The van der Waals surface area contributed by atoms with Gasteiger partial charge < -0.3 is 11.1 Å². The Kier molecular flexibility index (Phi) is 3.43. The van der Waals surface area contributed by atoms with E-state index in [4.69, 9.17) is 5.73 Å². The third-order valence-electron chi connectivity index (χ3n) is 4.28.